The molecule has 0 bridgehead atoms. The van der Waals surface area contributed by atoms with E-state index in [0.717, 1.165) is 43.7 Å². The molecule has 1 radical (unpaired) electrons. The molecule has 1 saturated heterocycles. The largest absolute Gasteiger partial charge is 0.487 e. The first-order valence-corrected chi connectivity index (χ1v) is 18.9. The maximum Gasteiger partial charge on any atom is 0.270 e. The first-order valence-electron chi connectivity index (χ1n) is 18.9. The van der Waals surface area contributed by atoms with Crippen LogP contribution in [0.15, 0.2) is 42.5 Å². The summed E-state index contributed by atoms with van der Waals surface area (Å²) in [5.41, 5.74) is 1.65. The summed E-state index contributed by atoms with van der Waals surface area (Å²) in [6, 6.07) is 11.9. The second kappa shape index (κ2) is 21.1. The van der Waals surface area contributed by atoms with Gasteiger partial charge in [0.25, 0.3) is 5.91 Å². The van der Waals surface area contributed by atoms with Gasteiger partial charge in [0, 0.05) is 51.1 Å². The highest BCUT2D eigenvalue weighted by Crippen LogP contribution is 2.34. The Morgan fingerprint density at radius 2 is 1.41 bits per heavy atom. The van der Waals surface area contributed by atoms with Crippen molar-refractivity contribution in [3.05, 3.63) is 71.8 Å². The van der Waals surface area contributed by atoms with Crippen LogP contribution in [-0.4, -0.2) is 117 Å². The number of fused-ring (bicyclic) bond motifs is 1. The fourth-order valence-electron chi connectivity index (χ4n) is 6.93. The van der Waals surface area contributed by atoms with E-state index >= 15 is 4.39 Å². The van der Waals surface area contributed by atoms with E-state index in [-0.39, 0.29) is 73.4 Å². The van der Waals surface area contributed by atoms with Gasteiger partial charge in [0.2, 0.25) is 17.6 Å². The van der Waals surface area contributed by atoms with Crippen LogP contribution in [0.4, 0.5) is 8.78 Å². The number of carbonyl (C=O) groups is 3. The number of aryl methyl sites for hydroxylation is 1. The van der Waals surface area contributed by atoms with E-state index in [1.807, 2.05) is 30.3 Å². The van der Waals surface area contributed by atoms with Gasteiger partial charge in [-0.1, -0.05) is 56.5 Å². The van der Waals surface area contributed by atoms with E-state index < -0.39 is 17.7 Å². The number of halogens is 2. The minimum absolute atomic E-state index is 0.0473. The summed E-state index contributed by atoms with van der Waals surface area (Å²) in [6.07, 6.45) is 6.39. The number of carbonyl (C=O) groups excluding carboxylic acids is 3. The Morgan fingerprint density at radius 1 is 0.815 bits per heavy atom. The molecule has 2 fully saturated rings. The summed E-state index contributed by atoms with van der Waals surface area (Å²) in [6.45, 7) is 5.80. The normalized spacial score (nSPS) is 15.8. The Morgan fingerprint density at radius 3 is 2.04 bits per heavy atom. The van der Waals surface area contributed by atoms with Crippen LogP contribution in [0.25, 0.3) is 10.9 Å². The molecule has 1 N–H and O–H groups in total. The quantitative estimate of drug-likeness (QED) is 0.165. The van der Waals surface area contributed by atoms with Gasteiger partial charge in [-0.3, -0.25) is 14.4 Å². The zero-order valence-electron chi connectivity index (χ0n) is 31.4. The molecule has 1 atom stereocenters. The van der Waals surface area contributed by atoms with Crippen molar-refractivity contribution < 1.29 is 46.8 Å². The monoisotopic (exact) mass is 755 g/mol. The molecule has 1 saturated carbocycles. The average molecular weight is 756 g/mol. The van der Waals surface area contributed by atoms with E-state index in [9.17, 15) is 18.8 Å². The smallest absolute Gasteiger partial charge is 0.270 e. The van der Waals surface area contributed by atoms with Gasteiger partial charge in [0.15, 0.2) is 11.6 Å². The number of nitrogens with zero attached hydrogens (tertiary/aromatic N) is 3. The van der Waals surface area contributed by atoms with Crippen molar-refractivity contribution in [2.75, 3.05) is 79.0 Å². The number of benzene rings is 2. The molecule has 1 aliphatic carbocycles. The summed E-state index contributed by atoms with van der Waals surface area (Å²) in [7, 11) is 1.62. The highest BCUT2D eigenvalue weighted by Gasteiger charge is 2.36. The van der Waals surface area contributed by atoms with Crippen LogP contribution in [0.5, 0.6) is 5.75 Å². The molecule has 54 heavy (non-hydrogen) atoms. The lowest BCUT2D eigenvalue weighted by Gasteiger charge is -2.38. The number of nitrogens with one attached hydrogen (secondary N) is 1. The molecule has 1 aliphatic heterocycles. The number of piperazine rings is 1. The van der Waals surface area contributed by atoms with Crippen molar-refractivity contribution in [2.45, 2.75) is 51.7 Å². The molecule has 295 valence electrons. The minimum Gasteiger partial charge on any atom is -0.487 e. The van der Waals surface area contributed by atoms with Gasteiger partial charge < -0.3 is 43.4 Å². The lowest BCUT2D eigenvalue weighted by atomic mass is 9.83. The third kappa shape index (κ3) is 11.2. The molecule has 2 aliphatic rings. The van der Waals surface area contributed by atoms with Gasteiger partial charge in [-0.25, -0.2) is 4.39 Å². The second-order valence-electron chi connectivity index (χ2n) is 13.5. The molecule has 3 aromatic rings. The van der Waals surface area contributed by atoms with Crippen LogP contribution < -0.4 is 10.1 Å². The zero-order valence-corrected chi connectivity index (χ0v) is 31.4. The lowest BCUT2D eigenvalue weighted by molar-refractivity contribution is -0.139. The van der Waals surface area contributed by atoms with Gasteiger partial charge in [-0.15, -0.1) is 0 Å². The molecular formula is C40H53F2N4O8. The number of rotatable bonds is 20. The molecule has 0 spiro atoms. The van der Waals surface area contributed by atoms with E-state index in [1.54, 1.807) is 23.8 Å². The second-order valence-corrected chi connectivity index (χ2v) is 13.5. The number of ether oxygens (including phenoxy) is 5. The van der Waals surface area contributed by atoms with Crippen molar-refractivity contribution >= 4 is 28.6 Å². The standard InChI is InChI=1S/C40H53F2N4O8/c1-3-35(47)43-37(30-12-8-5-9-13-30)40(49)46-16-14-45(15-17-46)39(48)34-26-31-33(44(34)2)27-32(41)36(42)38(31)54-25-24-52-21-20-50-18-19-51-22-23-53-28-29-10-6-4-7-11-29/h3-4,6-7,10-11,26-27,30,37H,5,8-9,12-25,28H2,1-2H3,(H,43,47)/t37-/m0/s1. The lowest BCUT2D eigenvalue weighted by Crippen LogP contribution is -2.58. The summed E-state index contributed by atoms with van der Waals surface area (Å²) in [5.74, 6) is -3.17. The highest BCUT2D eigenvalue weighted by atomic mass is 19.2. The summed E-state index contributed by atoms with van der Waals surface area (Å²) >= 11 is 0. The Balaban J connectivity index is 1.04. The molecule has 2 aromatic carbocycles. The van der Waals surface area contributed by atoms with E-state index in [4.69, 9.17) is 23.7 Å². The molecule has 14 heteroatoms. The van der Waals surface area contributed by atoms with Crippen LogP contribution in [-0.2, 0) is 42.2 Å². The van der Waals surface area contributed by atoms with Gasteiger partial charge >= 0.3 is 0 Å². The number of hydrogen-bond donors (Lipinski definition) is 1. The first kappa shape index (κ1) is 41.1. The van der Waals surface area contributed by atoms with E-state index in [2.05, 4.69) is 5.32 Å². The fourth-order valence-corrected chi connectivity index (χ4v) is 6.93. The van der Waals surface area contributed by atoms with Gasteiger partial charge in [-0.05, 0) is 30.4 Å². The molecular weight excluding hydrogens is 702 g/mol. The maximum atomic E-state index is 15.0. The van der Waals surface area contributed by atoms with Crippen LogP contribution in [0, 0.1) is 24.0 Å². The van der Waals surface area contributed by atoms with Crippen LogP contribution >= 0.6 is 0 Å². The van der Waals surface area contributed by atoms with Crippen molar-refractivity contribution in [3.8, 4) is 5.75 Å². The zero-order chi connectivity index (χ0) is 38.3. The fraction of sp³-hybridized carbons (Fsp3) is 0.550. The van der Waals surface area contributed by atoms with Crippen molar-refractivity contribution in [2.24, 2.45) is 13.0 Å². The topological polar surface area (TPSA) is 121 Å². The highest BCUT2D eigenvalue weighted by molar-refractivity contribution is 6.00. The average Bonchev–Trinajstić information content (AvgIpc) is 3.53. The van der Waals surface area contributed by atoms with Gasteiger partial charge in [-0.2, -0.15) is 4.39 Å². The van der Waals surface area contributed by atoms with Gasteiger partial charge in [0.1, 0.15) is 18.3 Å². The van der Waals surface area contributed by atoms with Crippen LogP contribution in [0.3, 0.4) is 0 Å². The molecule has 2 heterocycles. The number of amides is 3. The Labute approximate surface area is 316 Å². The molecule has 5 rings (SSSR count). The van der Waals surface area contributed by atoms with E-state index in [0.29, 0.717) is 58.2 Å². The Hall–Kier alpha value is -4.11. The number of hydrogen-bond acceptors (Lipinski definition) is 8. The Kier molecular flexibility index (Phi) is 16.0. The molecule has 1 aromatic heterocycles. The van der Waals surface area contributed by atoms with Crippen LogP contribution in [0.1, 0.15) is 55.1 Å². The van der Waals surface area contributed by atoms with Gasteiger partial charge in [0.05, 0.1) is 58.4 Å². The minimum atomic E-state index is -1.15. The molecule has 0 unspecified atom stereocenters. The number of aromatic nitrogens is 1. The summed E-state index contributed by atoms with van der Waals surface area (Å²) in [5, 5.41) is 3.18. The summed E-state index contributed by atoms with van der Waals surface area (Å²) < 4.78 is 59.1. The third-order valence-corrected chi connectivity index (χ3v) is 9.94. The third-order valence-electron chi connectivity index (χ3n) is 9.94. The van der Waals surface area contributed by atoms with Crippen molar-refractivity contribution in [3.63, 3.8) is 0 Å². The Bertz CT molecular complexity index is 1660. The molecule has 12 nitrogen and oxygen atoms in total. The van der Waals surface area contributed by atoms with Crippen molar-refractivity contribution in [1.82, 2.24) is 19.7 Å². The maximum absolute atomic E-state index is 15.0. The first-order chi connectivity index (χ1) is 26.3. The summed E-state index contributed by atoms with van der Waals surface area (Å²) in [4.78, 5) is 42.9. The van der Waals surface area contributed by atoms with E-state index in [1.165, 1.54) is 17.1 Å². The molecule has 3 amide bonds. The predicted molar refractivity (Wildman–Crippen MR) is 198 cm³/mol. The van der Waals surface area contributed by atoms with Crippen molar-refractivity contribution in [1.29, 1.82) is 0 Å². The van der Waals surface area contributed by atoms with Crippen LogP contribution in [0.2, 0.25) is 0 Å². The SMILES string of the molecule is C[CH]C(=O)N[C@H](C(=O)N1CCN(C(=O)c2cc3c(OCCOCCOCCOCCOCc4ccccc4)c(F)c(F)cc3n2C)CC1)C1CCCCC1. The predicted octanol–water partition coefficient (Wildman–Crippen LogP) is 4.68.